The van der Waals surface area contributed by atoms with Crippen molar-refractivity contribution in [2.24, 2.45) is 0 Å². The summed E-state index contributed by atoms with van der Waals surface area (Å²) in [5.41, 5.74) is 11.6. The number of hydrogen-bond donors (Lipinski definition) is 0. The van der Waals surface area contributed by atoms with Crippen LogP contribution in [-0.2, 0) is 6.54 Å². The first kappa shape index (κ1) is 37.4. The summed E-state index contributed by atoms with van der Waals surface area (Å²) >= 11 is 1.89. The molecule has 10 rings (SSSR count). The molecule has 0 aliphatic carbocycles. The smallest absolute Gasteiger partial charge is 0.0571 e. The first-order valence-electron chi connectivity index (χ1n) is 21.4. The van der Waals surface area contributed by atoms with Crippen LogP contribution < -0.4 is 0 Å². The second-order valence-electron chi connectivity index (χ2n) is 15.9. The minimum atomic E-state index is 0.991. The van der Waals surface area contributed by atoms with Crippen molar-refractivity contribution in [2.45, 2.75) is 52.0 Å². The van der Waals surface area contributed by atoms with Gasteiger partial charge >= 0.3 is 0 Å². The van der Waals surface area contributed by atoms with Gasteiger partial charge in [0.1, 0.15) is 0 Å². The van der Waals surface area contributed by atoms with Gasteiger partial charge in [0.25, 0.3) is 0 Å². The zero-order valence-corrected chi connectivity index (χ0v) is 34.8. The highest BCUT2D eigenvalue weighted by Crippen LogP contribution is 2.42. The lowest BCUT2D eigenvalue weighted by atomic mass is 10.0. The summed E-state index contributed by atoms with van der Waals surface area (Å²) in [6.45, 7) is 3.28. The van der Waals surface area contributed by atoms with Crippen molar-refractivity contribution in [3.63, 3.8) is 0 Å². The number of fused-ring (bicyclic) bond motifs is 9. The van der Waals surface area contributed by atoms with E-state index in [1.54, 1.807) is 0 Å². The molecule has 0 amide bonds. The molecule has 10 aromatic rings. The van der Waals surface area contributed by atoms with Crippen LogP contribution in [0.2, 0.25) is 0 Å². The third-order valence-corrected chi connectivity index (χ3v) is 13.1. The van der Waals surface area contributed by atoms with Crippen LogP contribution in [0.5, 0.6) is 0 Å². The lowest BCUT2D eigenvalue weighted by Crippen LogP contribution is -1.98. The molecular weight excluding hydrogens is 743 g/mol. The van der Waals surface area contributed by atoms with Crippen LogP contribution in [0.4, 0.5) is 0 Å². The Morgan fingerprint density at radius 2 is 0.850 bits per heavy atom. The van der Waals surface area contributed by atoms with Gasteiger partial charge in [-0.1, -0.05) is 184 Å². The number of nitrogens with zero attached hydrogens (tertiary/aromatic N) is 1. The molecule has 0 aliphatic rings. The van der Waals surface area contributed by atoms with E-state index in [1.807, 2.05) is 11.3 Å². The molecular formula is C58H45NS. The molecule has 0 unspecified atom stereocenters. The summed E-state index contributed by atoms with van der Waals surface area (Å²) < 4.78 is 5.22. The van der Waals surface area contributed by atoms with Crippen molar-refractivity contribution in [3.8, 4) is 45.9 Å². The SMILES string of the molecule is CCCCCCCCn1c2cc(C#Cc3ccc(-c4ccccc4)cc3)ccc2c2ccc3c(ccc4c5ccc(C#Cc6ccc(-c7ccccc7)cc6)cc5sc43)c21. The second-order valence-corrected chi connectivity index (χ2v) is 16.9. The summed E-state index contributed by atoms with van der Waals surface area (Å²) in [4.78, 5) is 0. The molecule has 0 saturated carbocycles. The van der Waals surface area contributed by atoms with E-state index in [2.05, 4.69) is 205 Å². The van der Waals surface area contributed by atoms with Crippen LogP contribution in [0.1, 0.15) is 67.7 Å². The number of aryl methyl sites for hydroxylation is 1. The van der Waals surface area contributed by atoms with Gasteiger partial charge in [-0.3, -0.25) is 0 Å². The van der Waals surface area contributed by atoms with Gasteiger partial charge < -0.3 is 4.57 Å². The molecule has 0 bridgehead atoms. The maximum absolute atomic E-state index is 3.51. The van der Waals surface area contributed by atoms with Crippen molar-refractivity contribution in [1.82, 2.24) is 4.57 Å². The van der Waals surface area contributed by atoms with Crippen LogP contribution in [0.3, 0.4) is 0 Å². The molecule has 0 fully saturated rings. The number of rotatable bonds is 9. The summed E-state index contributed by atoms with van der Waals surface area (Å²) in [5.74, 6) is 13.8. The first-order chi connectivity index (χ1) is 29.7. The number of unbranched alkanes of at least 4 members (excludes halogenated alkanes) is 5. The first-order valence-corrected chi connectivity index (χ1v) is 22.2. The summed E-state index contributed by atoms with van der Waals surface area (Å²) in [5, 5.41) is 7.85. The highest BCUT2D eigenvalue weighted by Gasteiger charge is 2.17. The molecule has 0 saturated heterocycles. The Kier molecular flexibility index (Phi) is 10.5. The zero-order chi connectivity index (χ0) is 40.3. The molecule has 288 valence electrons. The maximum atomic E-state index is 3.51. The Morgan fingerprint density at radius 1 is 0.400 bits per heavy atom. The third-order valence-electron chi connectivity index (χ3n) is 11.9. The quantitative estimate of drug-likeness (QED) is 0.101. The topological polar surface area (TPSA) is 4.93 Å². The maximum Gasteiger partial charge on any atom is 0.0571 e. The highest BCUT2D eigenvalue weighted by molar-refractivity contribution is 7.26. The molecule has 8 aromatic carbocycles. The van der Waals surface area contributed by atoms with Gasteiger partial charge in [0.15, 0.2) is 0 Å². The van der Waals surface area contributed by atoms with E-state index >= 15 is 0 Å². The average Bonchev–Trinajstić information content (AvgIpc) is 3.84. The van der Waals surface area contributed by atoms with Gasteiger partial charge in [-0.2, -0.15) is 0 Å². The van der Waals surface area contributed by atoms with E-state index in [0.717, 1.165) is 35.2 Å². The normalized spacial score (nSPS) is 11.3. The van der Waals surface area contributed by atoms with Crippen LogP contribution in [0.25, 0.3) is 75.0 Å². The van der Waals surface area contributed by atoms with Gasteiger partial charge in [0, 0.05) is 70.5 Å². The number of aromatic nitrogens is 1. The molecule has 0 N–H and O–H groups in total. The molecule has 2 aromatic heterocycles. The third kappa shape index (κ3) is 7.48. The predicted octanol–water partition coefficient (Wildman–Crippen LogP) is 15.8. The van der Waals surface area contributed by atoms with E-state index in [0.29, 0.717) is 0 Å². The summed E-state index contributed by atoms with van der Waals surface area (Å²) in [6.07, 6.45) is 7.60. The molecule has 2 heterocycles. The van der Waals surface area contributed by atoms with Crippen molar-refractivity contribution < 1.29 is 0 Å². The molecule has 2 heteroatoms. The lowest BCUT2D eigenvalue weighted by molar-refractivity contribution is 0.571. The molecule has 0 atom stereocenters. The van der Waals surface area contributed by atoms with Crippen molar-refractivity contribution in [3.05, 3.63) is 192 Å². The van der Waals surface area contributed by atoms with Gasteiger partial charge in [0.2, 0.25) is 0 Å². The van der Waals surface area contributed by atoms with Crippen molar-refractivity contribution in [2.75, 3.05) is 0 Å². The van der Waals surface area contributed by atoms with E-state index in [9.17, 15) is 0 Å². The standard InChI is InChI=1S/C58H45NS/c1-2-3-4-5-6-13-38-59-55-39-43(20-18-41-22-28-47(29-23-41)45-14-9-7-10-15-45)26-32-49(55)51-34-37-54-52(57(51)59)35-36-53-50-33-27-44(40-56(50)60-58(53)54)21-19-42-24-30-48(31-25-42)46-16-11-8-12-17-46/h7-12,14-17,22-37,39-40H,2-6,13,38H2,1H3. The van der Waals surface area contributed by atoms with E-state index in [-0.39, 0.29) is 0 Å². The minimum Gasteiger partial charge on any atom is -0.340 e. The van der Waals surface area contributed by atoms with Gasteiger partial charge in [-0.15, -0.1) is 11.3 Å². The lowest BCUT2D eigenvalue weighted by Gasteiger charge is -2.10. The zero-order valence-electron chi connectivity index (χ0n) is 34.0. The fourth-order valence-corrected chi connectivity index (χ4v) is 9.98. The van der Waals surface area contributed by atoms with Gasteiger partial charge in [-0.25, -0.2) is 0 Å². The number of thiophene rings is 1. The fraction of sp³-hybridized carbons (Fsp3) is 0.138. The Labute approximate surface area is 357 Å². The van der Waals surface area contributed by atoms with E-state index in [1.165, 1.54) is 107 Å². The number of benzene rings is 8. The molecule has 1 nitrogen and oxygen atoms in total. The minimum absolute atomic E-state index is 0.991. The average molecular weight is 788 g/mol. The molecule has 0 radical (unpaired) electrons. The van der Waals surface area contributed by atoms with E-state index in [4.69, 9.17) is 0 Å². The summed E-state index contributed by atoms with van der Waals surface area (Å²) in [7, 11) is 0. The molecule has 0 spiro atoms. The molecule has 0 aliphatic heterocycles. The van der Waals surface area contributed by atoms with Gasteiger partial charge in [-0.05, 0) is 77.2 Å². The van der Waals surface area contributed by atoms with Crippen LogP contribution in [0, 0.1) is 23.7 Å². The molecule has 60 heavy (non-hydrogen) atoms. The Balaban J connectivity index is 1.00. The van der Waals surface area contributed by atoms with Crippen molar-refractivity contribution in [1.29, 1.82) is 0 Å². The Bertz CT molecular complexity index is 3270. The van der Waals surface area contributed by atoms with E-state index < -0.39 is 0 Å². The highest BCUT2D eigenvalue weighted by atomic mass is 32.1. The Morgan fingerprint density at radius 3 is 1.47 bits per heavy atom. The monoisotopic (exact) mass is 787 g/mol. The second kappa shape index (κ2) is 16.8. The fourth-order valence-electron chi connectivity index (χ4n) is 8.71. The van der Waals surface area contributed by atoms with Crippen LogP contribution >= 0.6 is 11.3 Å². The predicted molar refractivity (Wildman–Crippen MR) is 259 cm³/mol. The van der Waals surface area contributed by atoms with Crippen molar-refractivity contribution >= 4 is 64.1 Å². The number of hydrogen-bond acceptors (Lipinski definition) is 1. The van der Waals surface area contributed by atoms with Crippen LogP contribution in [0.15, 0.2) is 170 Å². The largest absolute Gasteiger partial charge is 0.340 e. The summed E-state index contributed by atoms with van der Waals surface area (Å²) in [6, 6.07) is 61.1. The van der Waals surface area contributed by atoms with Gasteiger partial charge in [0.05, 0.1) is 11.0 Å². The Hall–Kier alpha value is -6.84. The van der Waals surface area contributed by atoms with Crippen LogP contribution in [-0.4, -0.2) is 4.57 Å².